The molecule has 23 heavy (non-hydrogen) atoms. The largest absolute Gasteiger partial charge is 0.393 e. The summed E-state index contributed by atoms with van der Waals surface area (Å²) in [6, 6.07) is 7.28. The standard InChI is InChI=1S/C18H24N2O3/c1-13(21)19-16-9-6-14(7-10-16)8-11-18(23)20(2)12-15-4-3-5-17(15)22/h6-11,15,17,22H,3-5,12H2,1-2H3,(H,19,21)/b11-8+. The van der Waals surface area contributed by atoms with E-state index < -0.39 is 0 Å². The lowest BCUT2D eigenvalue weighted by atomic mass is 10.1. The van der Waals surface area contributed by atoms with E-state index in [9.17, 15) is 14.7 Å². The number of nitrogens with one attached hydrogen (secondary N) is 1. The predicted octanol–water partition coefficient (Wildman–Crippen LogP) is 2.28. The van der Waals surface area contributed by atoms with E-state index in [1.165, 1.54) is 13.0 Å². The van der Waals surface area contributed by atoms with Crippen molar-refractivity contribution in [3.8, 4) is 0 Å². The normalized spacial score (nSPS) is 20.7. The molecule has 0 aliphatic heterocycles. The van der Waals surface area contributed by atoms with Gasteiger partial charge < -0.3 is 15.3 Å². The number of aliphatic hydroxyl groups excluding tert-OH is 1. The van der Waals surface area contributed by atoms with Gasteiger partial charge in [0.2, 0.25) is 11.8 Å². The molecule has 0 heterocycles. The van der Waals surface area contributed by atoms with Gasteiger partial charge in [0.05, 0.1) is 6.10 Å². The van der Waals surface area contributed by atoms with Crippen molar-refractivity contribution >= 4 is 23.6 Å². The second kappa shape index (κ2) is 7.92. The highest BCUT2D eigenvalue weighted by molar-refractivity contribution is 5.92. The SMILES string of the molecule is CC(=O)Nc1ccc(/C=C/C(=O)N(C)CC2CCCC2O)cc1. The van der Waals surface area contributed by atoms with Gasteiger partial charge >= 0.3 is 0 Å². The van der Waals surface area contributed by atoms with E-state index in [-0.39, 0.29) is 23.8 Å². The van der Waals surface area contributed by atoms with Crippen LogP contribution in [0.25, 0.3) is 6.08 Å². The molecule has 1 aromatic rings. The van der Waals surface area contributed by atoms with Crippen LogP contribution in [0.2, 0.25) is 0 Å². The summed E-state index contributed by atoms with van der Waals surface area (Å²) in [7, 11) is 1.76. The number of hydrogen-bond acceptors (Lipinski definition) is 3. The molecule has 1 saturated carbocycles. The number of aliphatic hydroxyl groups is 1. The topological polar surface area (TPSA) is 69.6 Å². The van der Waals surface area contributed by atoms with Crippen molar-refractivity contribution < 1.29 is 14.7 Å². The van der Waals surface area contributed by atoms with Crippen LogP contribution < -0.4 is 5.32 Å². The van der Waals surface area contributed by atoms with E-state index in [4.69, 9.17) is 0 Å². The third-order valence-corrected chi connectivity index (χ3v) is 4.15. The Morgan fingerprint density at radius 1 is 1.30 bits per heavy atom. The smallest absolute Gasteiger partial charge is 0.246 e. The number of hydrogen-bond donors (Lipinski definition) is 2. The van der Waals surface area contributed by atoms with Gasteiger partial charge in [0.1, 0.15) is 0 Å². The third-order valence-electron chi connectivity index (χ3n) is 4.15. The molecular formula is C18H24N2O3. The molecule has 2 atom stereocenters. The maximum absolute atomic E-state index is 12.1. The molecule has 124 valence electrons. The Bertz CT molecular complexity index is 580. The van der Waals surface area contributed by atoms with E-state index in [0.717, 1.165) is 30.5 Å². The Morgan fingerprint density at radius 2 is 2.00 bits per heavy atom. The average Bonchev–Trinajstić information content (AvgIpc) is 2.91. The molecule has 1 fully saturated rings. The average molecular weight is 316 g/mol. The van der Waals surface area contributed by atoms with Crippen LogP contribution in [0.1, 0.15) is 31.7 Å². The number of carbonyl (C=O) groups is 2. The number of nitrogens with zero attached hydrogens (tertiary/aromatic N) is 1. The van der Waals surface area contributed by atoms with E-state index in [0.29, 0.717) is 6.54 Å². The van der Waals surface area contributed by atoms with Gasteiger partial charge in [-0.2, -0.15) is 0 Å². The number of benzene rings is 1. The molecule has 1 aliphatic rings. The summed E-state index contributed by atoms with van der Waals surface area (Å²) in [5.74, 6) is 0.00326. The lowest BCUT2D eigenvalue weighted by Gasteiger charge is -2.22. The Balaban J connectivity index is 1.88. The maximum atomic E-state index is 12.1. The van der Waals surface area contributed by atoms with Crippen molar-refractivity contribution in [3.05, 3.63) is 35.9 Å². The highest BCUT2D eigenvalue weighted by Crippen LogP contribution is 2.26. The van der Waals surface area contributed by atoms with Crippen molar-refractivity contribution in [2.24, 2.45) is 5.92 Å². The van der Waals surface area contributed by atoms with Crippen LogP contribution in [-0.2, 0) is 9.59 Å². The van der Waals surface area contributed by atoms with Gasteiger partial charge in [-0.05, 0) is 36.6 Å². The van der Waals surface area contributed by atoms with Crippen LogP contribution in [-0.4, -0.2) is 41.5 Å². The Morgan fingerprint density at radius 3 is 2.57 bits per heavy atom. The minimum atomic E-state index is -0.282. The van der Waals surface area contributed by atoms with Crippen molar-refractivity contribution in [1.29, 1.82) is 0 Å². The highest BCUT2D eigenvalue weighted by atomic mass is 16.3. The number of likely N-dealkylation sites (N-methyl/N-ethyl adjacent to an activating group) is 1. The minimum absolute atomic E-state index is 0.0740. The summed E-state index contributed by atoms with van der Waals surface area (Å²) in [6.45, 7) is 2.05. The van der Waals surface area contributed by atoms with Crippen molar-refractivity contribution in [2.45, 2.75) is 32.3 Å². The Labute approximate surface area is 137 Å². The molecule has 1 aromatic carbocycles. The number of carbonyl (C=O) groups excluding carboxylic acids is 2. The van der Waals surface area contributed by atoms with Crippen LogP contribution >= 0.6 is 0 Å². The minimum Gasteiger partial charge on any atom is -0.393 e. The molecule has 2 amide bonds. The summed E-state index contributed by atoms with van der Waals surface area (Å²) in [5, 5.41) is 12.5. The zero-order valence-electron chi connectivity index (χ0n) is 13.7. The van der Waals surface area contributed by atoms with E-state index in [2.05, 4.69) is 5.32 Å². The summed E-state index contributed by atoms with van der Waals surface area (Å²) in [5.41, 5.74) is 1.62. The molecule has 2 unspecified atom stereocenters. The first kappa shape index (κ1) is 17.2. The Kier molecular flexibility index (Phi) is 5.93. The van der Waals surface area contributed by atoms with Crippen LogP contribution in [0.5, 0.6) is 0 Å². The number of amides is 2. The first-order chi connectivity index (χ1) is 11.0. The molecule has 0 aromatic heterocycles. The fourth-order valence-corrected chi connectivity index (χ4v) is 2.85. The Hall–Kier alpha value is -2.14. The summed E-state index contributed by atoms with van der Waals surface area (Å²) < 4.78 is 0. The lowest BCUT2D eigenvalue weighted by molar-refractivity contribution is -0.125. The zero-order chi connectivity index (χ0) is 16.8. The highest BCUT2D eigenvalue weighted by Gasteiger charge is 2.26. The third kappa shape index (κ3) is 5.21. The molecule has 0 spiro atoms. The fourth-order valence-electron chi connectivity index (χ4n) is 2.85. The quantitative estimate of drug-likeness (QED) is 0.819. The zero-order valence-corrected chi connectivity index (χ0v) is 13.7. The van der Waals surface area contributed by atoms with Gasteiger partial charge in [0.15, 0.2) is 0 Å². The second-order valence-electron chi connectivity index (χ2n) is 6.11. The summed E-state index contributed by atoms with van der Waals surface area (Å²) in [6.07, 6.45) is 5.85. The van der Waals surface area contributed by atoms with Crippen LogP contribution in [0.3, 0.4) is 0 Å². The molecule has 0 radical (unpaired) electrons. The first-order valence-electron chi connectivity index (χ1n) is 7.94. The first-order valence-corrected chi connectivity index (χ1v) is 7.94. The van der Waals surface area contributed by atoms with Crippen molar-refractivity contribution in [1.82, 2.24) is 4.90 Å². The van der Waals surface area contributed by atoms with Gasteiger partial charge in [-0.25, -0.2) is 0 Å². The van der Waals surface area contributed by atoms with Gasteiger partial charge in [-0.3, -0.25) is 9.59 Å². The van der Waals surface area contributed by atoms with Crippen LogP contribution in [0.15, 0.2) is 30.3 Å². The molecule has 0 bridgehead atoms. The monoisotopic (exact) mass is 316 g/mol. The molecule has 0 saturated heterocycles. The molecule has 2 N–H and O–H groups in total. The second-order valence-corrected chi connectivity index (χ2v) is 6.11. The van der Waals surface area contributed by atoms with Crippen LogP contribution in [0.4, 0.5) is 5.69 Å². The van der Waals surface area contributed by atoms with Gasteiger partial charge in [-0.1, -0.05) is 18.6 Å². The molecule has 2 rings (SSSR count). The van der Waals surface area contributed by atoms with Crippen molar-refractivity contribution in [3.63, 3.8) is 0 Å². The van der Waals surface area contributed by atoms with Crippen molar-refractivity contribution in [2.75, 3.05) is 18.9 Å². The molecule has 5 nitrogen and oxygen atoms in total. The fraction of sp³-hybridized carbons (Fsp3) is 0.444. The summed E-state index contributed by atoms with van der Waals surface area (Å²) >= 11 is 0. The molecular weight excluding hydrogens is 292 g/mol. The summed E-state index contributed by atoms with van der Waals surface area (Å²) in [4.78, 5) is 24.7. The van der Waals surface area contributed by atoms with E-state index in [1.54, 1.807) is 30.2 Å². The predicted molar refractivity (Wildman–Crippen MR) is 90.8 cm³/mol. The number of rotatable bonds is 5. The van der Waals surface area contributed by atoms with Gasteiger partial charge in [0.25, 0.3) is 0 Å². The number of anilines is 1. The van der Waals surface area contributed by atoms with E-state index >= 15 is 0 Å². The van der Waals surface area contributed by atoms with Crippen LogP contribution in [0, 0.1) is 5.92 Å². The van der Waals surface area contributed by atoms with Gasteiger partial charge in [-0.15, -0.1) is 0 Å². The molecule has 1 aliphatic carbocycles. The van der Waals surface area contributed by atoms with Gasteiger partial charge in [0, 0.05) is 38.2 Å². The lowest BCUT2D eigenvalue weighted by Crippen LogP contribution is -2.33. The maximum Gasteiger partial charge on any atom is 0.246 e. The molecule has 5 heteroatoms. The van der Waals surface area contributed by atoms with E-state index in [1.807, 2.05) is 12.1 Å².